The molecular weight excluding hydrogens is 284 g/mol. The van der Waals surface area contributed by atoms with Crippen LogP contribution in [0.1, 0.15) is 16.1 Å². The van der Waals surface area contributed by atoms with Gasteiger partial charge >= 0.3 is 0 Å². The van der Waals surface area contributed by atoms with Gasteiger partial charge in [0.15, 0.2) is 5.65 Å². The molecule has 3 aromatic heterocycles. The highest BCUT2D eigenvalue weighted by Gasteiger charge is 2.31. The molecular formula is C14H14N6O2. The van der Waals surface area contributed by atoms with Gasteiger partial charge in [-0.25, -0.2) is 4.68 Å². The summed E-state index contributed by atoms with van der Waals surface area (Å²) in [6, 6.07) is 3.56. The standard InChI is InChI=1S/C14H14N6O2/c1-9-11-14(18(2)17-9)22-7-6-20(11)13(21)10-4-3-5-19-8-15-16-12(10)19/h3-5,8H,6-7H2,1-2H3. The first-order chi connectivity index (χ1) is 10.7. The average Bonchev–Trinajstić information content (AvgIpc) is 3.11. The Morgan fingerprint density at radius 1 is 1.41 bits per heavy atom. The van der Waals surface area contributed by atoms with Crippen molar-refractivity contribution in [1.82, 2.24) is 24.4 Å². The minimum Gasteiger partial charge on any atom is -0.474 e. The average molecular weight is 298 g/mol. The largest absolute Gasteiger partial charge is 0.474 e. The predicted octanol–water partition coefficient (Wildman–Crippen LogP) is 0.810. The molecule has 1 aliphatic heterocycles. The molecule has 0 bridgehead atoms. The van der Waals surface area contributed by atoms with Crippen molar-refractivity contribution in [1.29, 1.82) is 0 Å². The Hall–Kier alpha value is -2.90. The zero-order valence-electron chi connectivity index (χ0n) is 12.2. The van der Waals surface area contributed by atoms with Gasteiger partial charge in [-0.1, -0.05) is 0 Å². The molecule has 4 heterocycles. The van der Waals surface area contributed by atoms with E-state index >= 15 is 0 Å². The Morgan fingerprint density at radius 3 is 3.14 bits per heavy atom. The van der Waals surface area contributed by atoms with Crippen LogP contribution in [0.5, 0.6) is 5.88 Å². The Bertz CT molecular complexity index is 881. The highest BCUT2D eigenvalue weighted by molar-refractivity contribution is 6.10. The van der Waals surface area contributed by atoms with E-state index in [4.69, 9.17) is 4.74 Å². The maximum absolute atomic E-state index is 13.0. The number of carbonyl (C=O) groups excluding carboxylic acids is 1. The molecule has 8 nitrogen and oxygen atoms in total. The van der Waals surface area contributed by atoms with E-state index in [1.165, 1.54) is 0 Å². The first-order valence-corrected chi connectivity index (χ1v) is 6.93. The van der Waals surface area contributed by atoms with E-state index < -0.39 is 0 Å². The van der Waals surface area contributed by atoms with Crippen LogP contribution < -0.4 is 9.64 Å². The van der Waals surface area contributed by atoms with E-state index in [0.29, 0.717) is 30.2 Å². The quantitative estimate of drug-likeness (QED) is 0.664. The highest BCUT2D eigenvalue weighted by Crippen LogP contribution is 2.35. The molecule has 0 aromatic carbocycles. The Morgan fingerprint density at radius 2 is 2.27 bits per heavy atom. The summed E-state index contributed by atoms with van der Waals surface area (Å²) >= 11 is 0. The van der Waals surface area contributed by atoms with Gasteiger partial charge in [-0.15, -0.1) is 10.2 Å². The molecule has 4 rings (SSSR count). The van der Waals surface area contributed by atoms with Crippen LogP contribution in [0, 0.1) is 6.92 Å². The van der Waals surface area contributed by atoms with Crippen LogP contribution in [0.3, 0.4) is 0 Å². The van der Waals surface area contributed by atoms with Crippen molar-refractivity contribution in [3.05, 3.63) is 35.9 Å². The van der Waals surface area contributed by atoms with Gasteiger partial charge in [-0.2, -0.15) is 5.10 Å². The summed E-state index contributed by atoms with van der Waals surface area (Å²) in [5.74, 6) is 0.491. The molecule has 1 amide bonds. The summed E-state index contributed by atoms with van der Waals surface area (Å²) in [5.41, 5.74) is 2.54. The van der Waals surface area contributed by atoms with Crippen LogP contribution in [-0.4, -0.2) is 43.4 Å². The summed E-state index contributed by atoms with van der Waals surface area (Å²) in [6.07, 6.45) is 3.39. The van der Waals surface area contributed by atoms with Gasteiger partial charge in [0.25, 0.3) is 5.91 Å². The molecule has 22 heavy (non-hydrogen) atoms. The van der Waals surface area contributed by atoms with Crippen LogP contribution in [0.15, 0.2) is 24.7 Å². The molecule has 8 heteroatoms. The van der Waals surface area contributed by atoms with Crippen molar-refractivity contribution in [2.24, 2.45) is 7.05 Å². The number of pyridine rings is 1. The van der Waals surface area contributed by atoms with Crippen molar-refractivity contribution in [3.8, 4) is 5.88 Å². The monoisotopic (exact) mass is 298 g/mol. The summed E-state index contributed by atoms with van der Waals surface area (Å²) in [5, 5.41) is 12.2. The second kappa shape index (κ2) is 4.55. The lowest BCUT2D eigenvalue weighted by Gasteiger charge is -2.27. The van der Waals surface area contributed by atoms with Crippen molar-refractivity contribution >= 4 is 17.2 Å². The van der Waals surface area contributed by atoms with E-state index in [1.54, 1.807) is 39.5 Å². The molecule has 0 atom stereocenters. The molecule has 0 saturated heterocycles. The summed E-state index contributed by atoms with van der Waals surface area (Å²) in [6.45, 7) is 2.78. The molecule has 0 radical (unpaired) electrons. The van der Waals surface area contributed by atoms with Crippen molar-refractivity contribution in [3.63, 3.8) is 0 Å². The number of nitrogens with zero attached hydrogens (tertiary/aromatic N) is 6. The first kappa shape index (κ1) is 12.8. The fourth-order valence-corrected chi connectivity index (χ4v) is 2.81. The maximum Gasteiger partial charge on any atom is 0.262 e. The van der Waals surface area contributed by atoms with Crippen LogP contribution in [-0.2, 0) is 7.05 Å². The summed E-state index contributed by atoms with van der Waals surface area (Å²) in [7, 11) is 1.80. The molecule has 112 valence electrons. The third kappa shape index (κ3) is 1.70. The SMILES string of the molecule is Cc1nn(C)c2c1N(C(=O)c1cccn3cnnc13)CCO2. The Balaban J connectivity index is 1.84. The van der Waals surface area contributed by atoms with Gasteiger partial charge in [-0.05, 0) is 19.1 Å². The van der Waals surface area contributed by atoms with Crippen molar-refractivity contribution < 1.29 is 9.53 Å². The third-order valence-corrected chi connectivity index (χ3v) is 3.76. The maximum atomic E-state index is 13.0. The second-order valence-corrected chi connectivity index (χ2v) is 5.15. The number of amides is 1. The smallest absolute Gasteiger partial charge is 0.262 e. The Labute approximate surface area is 125 Å². The summed E-state index contributed by atoms with van der Waals surface area (Å²) in [4.78, 5) is 14.7. The molecule has 0 unspecified atom stereocenters. The van der Waals surface area contributed by atoms with Gasteiger partial charge in [0.05, 0.1) is 17.8 Å². The van der Waals surface area contributed by atoms with E-state index in [0.717, 1.165) is 11.4 Å². The number of carbonyl (C=O) groups is 1. The normalized spacial score (nSPS) is 14.0. The fraction of sp³-hybridized carbons (Fsp3) is 0.286. The minimum atomic E-state index is -0.126. The topological polar surface area (TPSA) is 77.6 Å². The minimum absolute atomic E-state index is 0.126. The number of fused-ring (bicyclic) bond motifs is 2. The number of anilines is 1. The number of hydrogen-bond donors (Lipinski definition) is 0. The molecule has 0 aliphatic carbocycles. The van der Waals surface area contributed by atoms with Crippen LogP contribution in [0.4, 0.5) is 5.69 Å². The lowest BCUT2D eigenvalue weighted by Crippen LogP contribution is -2.38. The predicted molar refractivity (Wildman–Crippen MR) is 78.1 cm³/mol. The zero-order valence-corrected chi connectivity index (χ0v) is 12.2. The van der Waals surface area contributed by atoms with Gasteiger partial charge < -0.3 is 4.74 Å². The molecule has 0 N–H and O–H groups in total. The second-order valence-electron chi connectivity index (χ2n) is 5.15. The van der Waals surface area contributed by atoms with E-state index in [1.807, 2.05) is 13.1 Å². The molecule has 0 saturated carbocycles. The zero-order chi connectivity index (χ0) is 15.3. The van der Waals surface area contributed by atoms with Gasteiger partial charge in [0.2, 0.25) is 5.88 Å². The molecule has 1 aliphatic rings. The third-order valence-electron chi connectivity index (χ3n) is 3.76. The molecule has 0 spiro atoms. The van der Waals surface area contributed by atoms with Gasteiger partial charge in [0.1, 0.15) is 18.6 Å². The van der Waals surface area contributed by atoms with Crippen molar-refractivity contribution in [2.75, 3.05) is 18.1 Å². The summed E-state index contributed by atoms with van der Waals surface area (Å²) < 4.78 is 9.02. The number of aryl methyl sites for hydroxylation is 2. The van der Waals surface area contributed by atoms with Crippen molar-refractivity contribution in [2.45, 2.75) is 6.92 Å². The number of aromatic nitrogens is 5. The molecule has 3 aromatic rings. The number of hydrogen-bond acceptors (Lipinski definition) is 5. The fourth-order valence-electron chi connectivity index (χ4n) is 2.81. The van der Waals surface area contributed by atoms with E-state index in [9.17, 15) is 4.79 Å². The molecule has 0 fully saturated rings. The lowest BCUT2D eigenvalue weighted by atomic mass is 10.2. The van der Waals surface area contributed by atoms with Crippen LogP contribution >= 0.6 is 0 Å². The van der Waals surface area contributed by atoms with Crippen LogP contribution in [0.2, 0.25) is 0 Å². The number of rotatable bonds is 1. The lowest BCUT2D eigenvalue weighted by molar-refractivity contribution is 0.0976. The van der Waals surface area contributed by atoms with E-state index in [-0.39, 0.29) is 5.91 Å². The first-order valence-electron chi connectivity index (χ1n) is 6.93. The van der Waals surface area contributed by atoms with Crippen LogP contribution in [0.25, 0.3) is 5.65 Å². The number of ether oxygens (including phenoxy) is 1. The highest BCUT2D eigenvalue weighted by atomic mass is 16.5. The Kier molecular flexibility index (Phi) is 2.65. The van der Waals surface area contributed by atoms with Gasteiger partial charge in [0, 0.05) is 13.2 Å². The van der Waals surface area contributed by atoms with E-state index in [2.05, 4.69) is 15.3 Å². The van der Waals surface area contributed by atoms with Gasteiger partial charge in [-0.3, -0.25) is 14.1 Å².